The largest absolute Gasteiger partial charge is 0.397 e. The summed E-state index contributed by atoms with van der Waals surface area (Å²) in [6.45, 7) is -0.863. The van der Waals surface area contributed by atoms with Crippen molar-refractivity contribution in [3.8, 4) is 0 Å². The van der Waals surface area contributed by atoms with Crippen molar-refractivity contribution in [1.29, 1.82) is 0 Å². The molecule has 8 heteroatoms. The van der Waals surface area contributed by atoms with Gasteiger partial charge in [0.25, 0.3) is 11.1 Å². The standard InChI is InChI=1S/C17H11N3O5/c18-12-8-9(15(23)7-4-2-1-3-6(7)14(8)22)13(19)11-10(12)16(24)20(5-21)17(11)25/h1-4,21H,5,18-19H2. The van der Waals surface area contributed by atoms with E-state index in [-0.39, 0.29) is 43.7 Å². The van der Waals surface area contributed by atoms with E-state index in [0.29, 0.717) is 4.57 Å². The Morgan fingerprint density at radius 2 is 1.16 bits per heavy atom. The molecule has 4 rings (SSSR count). The van der Waals surface area contributed by atoms with Crippen LogP contribution in [-0.4, -0.2) is 9.67 Å². The fourth-order valence-electron chi connectivity index (χ4n) is 3.34. The van der Waals surface area contributed by atoms with Gasteiger partial charge in [0.15, 0.2) is 10.9 Å². The topological polar surface area (TPSA) is 145 Å². The Morgan fingerprint density at radius 3 is 1.52 bits per heavy atom. The minimum absolute atomic E-state index is 0.154. The van der Waals surface area contributed by atoms with Crippen LogP contribution >= 0.6 is 0 Å². The van der Waals surface area contributed by atoms with Crippen LogP contribution in [0.2, 0.25) is 0 Å². The molecular weight excluding hydrogens is 326 g/mol. The molecule has 5 N–H and O–H groups in total. The second-order valence-corrected chi connectivity index (χ2v) is 5.71. The van der Waals surface area contributed by atoms with Crippen LogP contribution in [-0.2, 0) is 6.73 Å². The number of aliphatic hydroxyl groups excluding tert-OH is 1. The monoisotopic (exact) mass is 337 g/mol. The van der Waals surface area contributed by atoms with Crippen LogP contribution in [0.3, 0.4) is 0 Å². The quantitative estimate of drug-likeness (QED) is 0.238. The molecule has 1 heterocycles. The number of nitrogen functional groups attached to an aromatic ring is 2. The Morgan fingerprint density at radius 1 is 0.760 bits per heavy atom. The first-order valence-electron chi connectivity index (χ1n) is 7.30. The highest BCUT2D eigenvalue weighted by Gasteiger charge is 2.24. The maximum Gasteiger partial charge on any atom is 0.265 e. The van der Waals surface area contributed by atoms with Gasteiger partial charge in [-0.15, -0.1) is 0 Å². The van der Waals surface area contributed by atoms with Crippen molar-refractivity contribution in [1.82, 2.24) is 4.57 Å². The van der Waals surface area contributed by atoms with Gasteiger partial charge in [-0.2, -0.15) is 0 Å². The second-order valence-electron chi connectivity index (χ2n) is 5.71. The zero-order valence-electron chi connectivity index (χ0n) is 12.7. The molecule has 0 saturated carbocycles. The van der Waals surface area contributed by atoms with Crippen molar-refractivity contribution in [2.75, 3.05) is 11.5 Å². The first kappa shape index (κ1) is 15.0. The molecular formula is C17H11N3O5. The lowest BCUT2D eigenvalue weighted by Crippen LogP contribution is -2.25. The SMILES string of the molecule is Nc1c2c(=O)c3ccccc3c(=O)c2c(N)c2c(=O)n(CO)c(=O)c12. The molecule has 4 aromatic rings. The lowest BCUT2D eigenvalue weighted by atomic mass is 9.97. The molecule has 0 bridgehead atoms. The number of aromatic nitrogens is 1. The van der Waals surface area contributed by atoms with E-state index >= 15 is 0 Å². The molecule has 0 aliphatic heterocycles. The van der Waals surface area contributed by atoms with Crippen molar-refractivity contribution < 1.29 is 5.11 Å². The molecule has 0 fully saturated rings. The van der Waals surface area contributed by atoms with Gasteiger partial charge in [-0.05, 0) is 0 Å². The van der Waals surface area contributed by atoms with E-state index in [1.165, 1.54) is 12.1 Å². The van der Waals surface area contributed by atoms with Gasteiger partial charge < -0.3 is 16.6 Å². The predicted molar refractivity (Wildman–Crippen MR) is 95.4 cm³/mol. The summed E-state index contributed by atoms with van der Waals surface area (Å²) in [7, 11) is 0. The van der Waals surface area contributed by atoms with Crippen LogP contribution in [0.4, 0.5) is 11.4 Å². The summed E-state index contributed by atoms with van der Waals surface area (Å²) >= 11 is 0. The fourth-order valence-corrected chi connectivity index (χ4v) is 3.34. The van der Waals surface area contributed by atoms with Crippen LogP contribution in [0.1, 0.15) is 0 Å². The average molecular weight is 337 g/mol. The first-order chi connectivity index (χ1) is 11.9. The van der Waals surface area contributed by atoms with Crippen molar-refractivity contribution in [2.24, 2.45) is 0 Å². The number of hydrogen-bond donors (Lipinski definition) is 3. The lowest BCUT2D eigenvalue weighted by molar-refractivity contribution is 0.204. The Labute approximate surface area is 137 Å². The molecule has 8 nitrogen and oxygen atoms in total. The summed E-state index contributed by atoms with van der Waals surface area (Å²) < 4.78 is 0.547. The van der Waals surface area contributed by atoms with Gasteiger partial charge in [-0.25, -0.2) is 0 Å². The number of hydrogen-bond acceptors (Lipinski definition) is 7. The van der Waals surface area contributed by atoms with E-state index in [2.05, 4.69) is 0 Å². The zero-order valence-corrected chi connectivity index (χ0v) is 12.7. The summed E-state index contributed by atoms with van der Waals surface area (Å²) in [5.41, 5.74) is 8.64. The van der Waals surface area contributed by atoms with Crippen LogP contribution in [0.5, 0.6) is 0 Å². The van der Waals surface area contributed by atoms with Gasteiger partial charge >= 0.3 is 0 Å². The number of aliphatic hydroxyl groups is 1. The second kappa shape index (κ2) is 4.74. The minimum Gasteiger partial charge on any atom is -0.397 e. The molecule has 0 amide bonds. The van der Waals surface area contributed by atoms with Gasteiger partial charge in [-0.1, -0.05) is 24.3 Å². The number of rotatable bonds is 1. The smallest absolute Gasteiger partial charge is 0.265 e. The summed E-state index contributed by atoms with van der Waals surface area (Å²) in [4.78, 5) is 50.3. The molecule has 0 radical (unpaired) electrons. The Balaban J connectivity index is 2.51. The Bertz CT molecular complexity index is 1320. The minimum atomic E-state index is -0.863. The van der Waals surface area contributed by atoms with E-state index in [9.17, 15) is 24.3 Å². The van der Waals surface area contributed by atoms with Gasteiger partial charge in [-0.3, -0.25) is 23.7 Å². The molecule has 0 spiro atoms. The molecule has 0 atom stereocenters. The lowest BCUT2D eigenvalue weighted by Gasteiger charge is -2.07. The molecule has 1 aromatic heterocycles. The third-order valence-electron chi connectivity index (χ3n) is 4.51. The van der Waals surface area contributed by atoms with E-state index in [0.717, 1.165) is 0 Å². The van der Waals surface area contributed by atoms with Crippen molar-refractivity contribution in [2.45, 2.75) is 6.73 Å². The number of nitrogens with zero attached hydrogens (tertiary/aromatic N) is 1. The fraction of sp³-hybridized carbons (Fsp3) is 0.0588. The number of fused-ring (bicyclic) bond motifs is 3. The molecule has 3 aromatic carbocycles. The highest BCUT2D eigenvalue weighted by Crippen LogP contribution is 2.31. The van der Waals surface area contributed by atoms with Crippen molar-refractivity contribution >= 4 is 43.7 Å². The molecule has 25 heavy (non-hydrogen) atoms. The van der Waals surface area contributed by atoms with E-state index in [1.54, 1.807) is 12.1 Å². The number of benzene rings is 3. The molecule has 0 saturated heterocycles. The molecule has 0 aliphatic carbocycles. The van der Waals surface area contributed by atoms with Gasteiger partial charge in [0.05, 0.1) is 32.9 Å². The van der Waals surface area contributed by atoms with Crippen LogP contribution < -0.4 is 33.4 Å². The normalized spacial score (nSPS) is 11.7. The highest BCUT2D eigenvalue weighted by molar-refractivity contribution is 6.20. The van der Waals surface area contributed by atoms with Gasteiger partial charge in [0, 0.05) is 10.8 Å². The van der Waals surface area contributed by atoms with E-state index in [4.69, 9.17) is 11.5 Å². The van der Waals surface area contributed by atoms with Crippen LogP contribution in [0.25, 0.3) is 32.3 Å². The third kappa shape index (κ3) is 1.63. The Kier molecular flexibility index (Phi) is 2.85. The van der Waals surface area contributed by atoms with Gasteiger partial charge in [0.1, 0.15) is 6.73 Å². The molecule has 124 valence electrons. The number of nitrogens with two attached hydrogens (primary N) is 2. The third-order valence-corrected chi connectivity index (χ3v) is 4.51. The van der Waals surface area contributed by atoms with E-state index in [1.807, 2.05) is 0 Å². The summed E-state index contributed by atoms with van der Waals surface area (Å²) in [5, 5.41) is 8.68. The van der Waals surface area contributed by atoms with Crippen molar-refractivity contribution in [3.05, 3.63) is 65.4 Å². The maximum absolute atomic E-state index is 12.8. The van der Waals surface area contributed by atoms with Gasteiger partial charge in [0.2, 0.25) is 0 Å². The van der Waals surface area contributed by atoms with Crippen LogP contribution in [0.15, 0.2) is 43.4 Å². The first-order valence-corrected chi connectivity index (χ1v) is 7.30. The Hall–Kier alpha value is -3.52. The summed E-state index contributed by atoms with van der Waals surface area (Å²) in [6, 6.07) is 6.16. The molecule has 0 aliphatic rings. The van der Waals surface area contributed by atoms with Crippen molar-refractivity contribution in [3.63, 3.8) is 0 Å². The maximum atomic E-state index is 12.8. The summed E-state index contributed by atoms with van der Waals surface area (Å²) in [6.07, 6.45) is 0. The predicted octanol–water partition coefficient (Wildman–Crippen LogP) is -0.622. The highest BCUT2D eigenvalue weighted by atomic mass is 16.3. The van der Waals surface area contributed by atoms with E-state index < -0.39 is 28.7 Å². The average Bonchev–Trinajstić information content (AvgIpc) is 2.86. The number of anilines is 2. The zero-order chi connectivity index (χ0) is 18.0. The summed E-state index contributed by atoms with van der Waals surface area (Å²) in [5.74, 6) is 0. The molecule has 0 unspecified atom stereocenters. The van der Waals surface area contributed by atoms with Crippen LogP contribution in [0, 0.1) is 0 Å².